The normalized spacial score (nSPS) is 10.6. The fourth-order valence-corrected chi connectivity index (χ4v) is 2.45. The van der Waals surface area contributed by atoms with Gasteiger partial charge in [0.1, 0.15) is 0 Å². The Bertz CT molecular complexity index is 829. The molecule has 0 fully saturated rings. The third kappa shape index (κ3) is 4.00. The number of nitrogens with one attached hydrogen (secondary N) is 1. The fraction of sp³-hybridized carbons (Fsp3) is 0.167. The van der Waals surface area contributed by atoms with Gasteiger partial charge < -0.3 is 9.73 Å². The van der Waals surface area contributed by atoms with Gasteiger partial charge in [-0.2, -0.15) is 0 Å². The number of benzene rings is 1. The summed E-state index contributed by atoms with van der Waals surface area (Å²) < 4.78 is 5.76. The van der Waals surface area contributed by atoms with E-state index in [0.717, 1.165) is 16.8 Å². The summed E-state index contributed by atoms with van der Waals surface area (Å²) in [5, 5.41) is 3.47. The summed E-state index contributed by atoms with van der Waals surface area (Å²) in [4.78, 5) is 20.3. The lowest BCUT2D eigenvalue weighted by Crippen LogP contribution is -2.24. The van der Waals surface area contributed by atoms with Crippen LogP contribution in [0, 0.1) is 6.92 Å². The van der Waals surface area contributed by atoms with Crippen LogP contribution in [-0.4, -0.2) is 15.9 Å². The van der Waals surface area contributed by atoms with Gasteiger partial charge in [0, 0.05) is 23.0 Å². The van der Waals surface area contributed by atoms with Crippen LogP contribution in [0.4, 0.5) is 0 Å². The Morgan fingerprint density at radius 3 is 2.75 bits per heavy atom. The van der Waals surface area contributed by atoms with Crippen molar-refractivity contribution >= 4 is 17.5 Å². The van der Waals surface area contributed by atoms with Crippen molar-refractivity contribution in [2.45, 2.75) is 19.9 Å². The van der Waals surface area contributed by atoms with Crippen molar-refractivity contribution in [2.24, 2.45) is 0 Å². The molecule has 1 N–H and O–H groups in total. The van der Waals surface area contributed by atoms with E-state index in [9.17, 15) is 4.79 Å². The van der Waals surface area contributed by atoms with Gasteiger partial charge in [-0.15, -0.1) is 0 Å². The van der Waals surface area contributed by atoms with Crippen LogP contribution in [-0.2, 0) is 17.8 Å². The van der Waals surface area contributed by atoms with Crippen LogP contribution in [0.2, 0.25) is 5.02 Å². The van der Waals surface area contributed by atoms with Crippen LogP contribution in [0.3, 0.4) is 0 Å². The van der Waals surface area contributed by atoms with Crippen molar-refractivity contribution in [3.8, 4) is 11.3 Å². The van der Waals surface area contributed by atoms with Gasteiger partial charge in [0.15, 0.2) is 5.76 Å². The number of hydrogen-bond acceptors (Lipinski definition) is 4. The highest BCUT2D eigenvalue weighted by Gasteiger charge is 2.12. The first kappa shape index (κ1) is 16.2. The van der Waals surface area contributed by atoms with Gasteiger partial charge in [-0.05, 0) is 42.8 Å². The molecule has 122 valence electrons. The molecule has 3 aromatic rings. The standard InChI is InChI=1S/C18H16ClN3O2/c1-12-18(14-4-6-15(19)7-5-14)24-17(22-12)11-21-16(23)9-13-3-2-8-20-10-13/h2-8,10H,9,11H2,1H3,(H,21,23). The van der Waals surface area contributed by atoms with E-state index in [1.807, 2.05) is 25.1 Å². The zero-order valence-corrected chi connectivity index (χ0v) is 13.9. The molecule has 0 aliphatic carbocycles. The van der Waals surface area contributed by atoms with Crippen molar-refractivity contribution in [1.29, 1.82) is 0 Å². The fourth-order valence-electron chi connectivity index (χ4n) is 2.32. The largest absolute Gasteiger partial charge is 0.438 e. The van der Waals surface area contributed by atoms with Crippen LogP contribution in [0.1, 0.15) is 17.1 Å². The molecule has 0 atom stereocenters. The van der Waals surface area contributed by atoms with Gasteiger partial charge in [0.05, 0.1) is 18.7 Å². The zero-order valence-electron chi connectivity index (χ0n) is 13.1. The van der Waals surface area contributed by atoms with Crippen molar-refractivity contribution in [3.05, 3.63) is 71.0 Å². The number of oxazole rings is 1. The second-order valence-electron chi connectivity index (χ2n) is 5.34. The Labute approximate surface area is 144 Å². The Kier molecular flexibility index (Phi) is 4.91. The maximum Gasteiger partial charge on any atom is 0.224 e. The molecule has 0 spiro atoms. The number of carbonyl (C=O) groups is 1. The van der Waals surface area contributed by atoms with E-state index in [4.69, 9.17) is 16.0 Å². The first-order valence-corrected chi connectivity index (χ1v) is 7.87. The number of pyridine rings is 1. The van der Waals surface area contributed by atoms with Crippen molar-refractivity contribution < 1.29 is 9.21 Å². The van der Waals surface area contributed by atoms with E-state index >= 15 is 0 Å². The molecule has 1 amide bonds. The molecular formula is C18H16ClN3O2. The molecule has 0 unspecified atom stereocenters. The second-order valence-corrected chi connectivity index (χ2v) is 5.78. The summed E-state index contributed by atoms with van der Waals surface area (Å²) in [5.41, 5.74) is 2.53. The molecule has 0 saturated heterocycles. The lowest BCUT2D eigenvalue weighted by atomic mass is 10.1. The predicted molar refractivity (Wildman–Crippen MR) is 91.5 cm³/mol. The molecule has 2 aromatic heterocycles. The Morgan fingerprint density at radius 2 is 2.04 bits per heavy atom. The minimum atomic E-state index is -0.105. The molecule has 2 heterocycles. The number of aryl methyl sites for hydroxylation is 1. The molecule has 3 rings (SSSR count). The van der Waals surface area contributed by atoms with E-state index < -0.39 is 0 Å². The number of nitrogens with zero attached hydrogens (tertiary/aromatic N) is 2. The van der Waals surface area contributed by atoms with Crippen molar-refractivity contribution in [3.63, 3.8) is 0 Å². The van der Waals surface area contributed by atoms with Gasteiger partial charge in [0.2, 0.25) is 11.8 Å². The number of amides is 1. The lowest BCUT2D eigenvalue weighted by Gasteiger charge is -2.02. The molecule has 0 radical (unpaired) electrons. The molecule has 1 aromatic carbocycles. The Hall–Kier alpha value is -2.66. The molecular weight excluding hydrogens is 326 g/mol. The molecule has 0 saturated carbocycles. The topological polar surface area (TPSA) is 68.0 Å². The summed E-state index contributed by atoms with van der Waals surface area (Å²) in [6.45, 7) is 2.11. The minimum absolute atomic E-state index is 0.105. The quantitative estimate of drug-likeness (QED) is 0.770. The van der Waals surface area contributed by atoms with Crippen LogP contribution >= 0.6 is 11.6 Å². The molecule has 0 aliphatic rings. The van der Waals surface area contributed by atoms with E-state index in [1.54, 1.807) is 30.6 Å². The van der Waals surface area contributed by atoms with Gasteiger partial charge in [-0.3, -0.25) is 9.78 Å². The summed E-state index contributed by atoms with van der Waals surface area (Å²) in [6.07, 6.45) is 3.63. The van der Waals surface area contributed by atoms with Gasteiger partial charge in [0.25, 0.3) is 0 Å². The highest BCUT2D eigenvalue weighted by Crippen LogP contribution is 2.25. The van der Waals surface area contributed by atoms with E-state index in [2.05, 4.69) is 15.3 Å². The molecule has 0 aliphatic heterocycles. The smallest absolute Gasteiger partial charge is 0.224 e. The number of hydrogen-bond donors (Lipinski definition) is 1. The van der Waals surface area contributed by atoms with Crippen LogP contribution in [0.25, 0.3) is 11.3 Å². The van der Waals surface area contributed by atoms with E-state index in [1.165, 1.54) is 0 Å². The Morgan fingerprint density at radius 1 is 1.25 bits per heavy atom. The van der Waals surface area contributed by atoms with Gasteiger partial charge in [-0.1, -0.05) is 17.7 Å². The van der Waals surface area contributed by atoms with E-state index in [0.29, 0.717) is 16.7 Å². The third-order valence-electron chi connectivity index (χ3n) is 3.47. The van der Waals surface area contributed by atoms with Crippen LogP contribution in [0.5, 0.6) is 0 Å². The molecule has 24 heavy (non-hydrogen) atoms. The molecule has 5 nitrogen and oxygen atoms in total. The second kappa shape index (κ2) is 7.27. The van der Waals surface area contributed by atoms with Gasteiger partial charge in [-0.25, -0.2) is 4.98 Å². The first-order valence-electron chi connectivity index (χ1n) is 7.49. The monoisotopic (exact) mass is 341 g/mol. The highest BCUT2D eigenvalue weighted by atomic mass is 35.5. The summed E-state index contributed by atoms with van der Waals surface area (Å²) in [7, 11) is 0. The van der Waals surface area contributed by atoms with Crippen LogP contribution < -0.4 is 5.32 Å². The number of rotatable bonds is 5. The van der Waals surface area contributed by atoms with Gasteiger partial charge >= 0.3 is 0 Å². The van der Waals surface area contributed by atoms with E-state index in [-0.39, 0.29) is 18.9 Å². The minimum Gasteiger partial charge on any atom is -0.438 e. The maximum absolute atomic E-state index is 12.0. The number of aromatic nitrogens is 2. The van der Waals surface area contributed by atoms with Crippen molar-refractivity contribution in [1.82, 2.24) is 15.3 Å². The zero-order chi connectivity index (χ0) is 16.9. The summed E-state index contributed by atoms with van der Waals surface area (Å²) >= 11 is 5.90. The average molecular weight is 342 g/mol. The highest BCUT2D eigenvalue weighted by molar-refractivity contribution is 6.30. The lowest BCUT2D eigenvalue weighted by molar-refractivity contribution is -0.120. The first-order chi connectivity index (χ1) is 11.6. The number of carbonyl (C=O) groups excluding carboxylic acids is 1. The SMILES string of the molecule is Cc1nc(CNC(=O)Cc2cccnc2)oc1-c1ccc(Cl)cc1. The maximum atomic E-state index is 12.0. The summed E-state index contributed by atoms with van der Waals surface area (Å²) in [5.74, 6) is 1.05. The Balaban J connectivity index is 1.63. The molecule has 0 bridgehead atoms. The van der Waals surface area contributed by atoms with Crippen LogP contribution in [0.15, 0.2) is 53.2 Å². The summed E-state index contributed by atoms with van der Waals surface area (Å²) in [6, 6.07) is 11.0. The molecule has 6 heteroatoms. The number of halogens is 1. The average Bonchev–Trinajstić information content (AvgIpc) is 2.95. The van der Waals surface area contributed by atoms with Crippen molar-refractivity contribution in [2.75, 3.05) is 0 Å². The predicted octanol–water partition coefficient (Wildman–Crippen LogP) is 3.56. The third-order valence-corrected chi connectivity index (χ3v) is 3.72.